The van der Waals surface area contributed by atoms with Crippen LogP contribution in [0.3, 0.4) is 0 Å². The standard InChI is InChI=1S/C31H44O2/c1-3-20(2)27-4-6-28(7-5-27)32-29(30-14-21-8-22(15-30)10-23(9-21)16-30)33-31-17-24-11-25(18-31)13-26(12-24)19-31/h4-7,20-26,29H,3,8-19H2,1-2H3. The van der Waals surface area contributed by atoms with Gasteiger partial charge in [-0.3, -0.25) is 0 Å². The van der Waals surface area contributed by atoms with Crippen LogP contribution in [0.2, 0.25) is 0 Å². The Hall–Kier alpha value is -1.02. The molecule has 2 atom stereocenters. The van der Waals surface area contributed by atoms with Gasteiger partial charge in [-0.2, -0.15) is 0 Å². The van der Waals surface area contributed by atoms with E-state index in [4.69, 9.17) is 9.47 Å². The van der Waals surface area contributed by atoms with E-state index >= 15 is 0 Å². The van der Waals surface area contributed by atoms with Crippen LogP contribution in [-0.2, 0) is 4.74 Å². The number of hydrogen-bond acceptors (Lipinski definition) is 2. The average Bonchev–Trinajstić information content (AvgIpc) is 2.77. The third kappa shape index (κ3) is 3.69. The molecule has 1 aromatic carbocycles. The first kappa shape index (κ1) is 21.3. The van der Waals surface area contributed by atoms with Gasteiger partial charge < -0.3 is 9.47 Å². The first-order valence-electron chi connectivity index (χ1n) is 14.4. The second-order valence-electron chi connectivity index (χ2n) is 13.8. The first-order valence-corrected chi connectivity index (χ1v) is 14.4. The zero-order valence-corrected chi connectivity index (χ0v) is 20.9. The molecule has 8 bridgehead atoms. The van der Waals surface area contributed by atoms with Crippen molar-refractivity contribution in [2.45, 2.75) is 115 Å². The molecule has 0 amide bonds. The van der Waals surface area contributed by atoms with Crippen molar-refractivity contribution in [3.8, 4) is 5.75 Å². The Morgan fingerprint density at radius 2 is 1.18 bits per heavy atom. The number of ether oxygens (including phenoxy) is 2. The van der Waals surface area contributed by atoms with Gasteiger partial charge in [0.05, 0.1) is 5.60 Å². The molecular weight excluding hydrogens is 404 g/mol. The zero-order valence-electron chi connectivity index (χ0n) is 20.9. The highest BCUT2D eigenvalue weighted by Gasteiger charge is 2.59. The van der Waals surface area contributed by atoms with E-state index in [1.165, 1.54) is 89.0 Å². The largest absolute Gasteiger partial charge is 0.464 e. The molecule has 8 aliphatic rings. The third-order valence-electron chi connectivity index (χ3n) is 11.2. The molecule has 9 rings (SSSR count). The molecule has 0 heterocycles. The Labute approximate surface area is 201 Å². The summed E-state index contributed by atoms with van der Waals surface area (Å²) in [5.41, 5.74) is 1.80. The molecule has 0 aromatic heterocycles. The molecule has 33 heavy (non-hydrogen) atoms. The molecule has 2 nitrogen and oxygen atoms in total. The SMILES string of the molecule is CCC(C)c1ccc(OC(OC23CC4CC(CC(C4)C2)C3)C23CC4CC(CC(C4)C2)C3)cc1. The topological polar surface area (TPSA) is 18.5 Å². The molecule has 0 radical (unpaired) electrons. The van der Waals surface area contributed by atoms with Crippen LogP contribution in [0.4, 0.5) is 0 Å². The Bertz CT molecular complexity index is 799. The molecule has 8 saturated carbocycles. The Morgan fingerprint density at radius 3 is 1.64 bits per heavy atom. The van der Waals surface area contributed by atoms with E-state index < -0.39 is 0 Å². The van der Waals surface area contributed by atoms with Gasteiger partial charge in [0, 0.05) is 5.41 Å². The quantitative estimate of drug-likeness (QED) is 0.392. The molecule has 2 unspecified atom stereocenters. The molecule has 0 saturated heterocycles. The number of benzene rings is 1. The summed E-state index contributed by atoms with van der Waals surface area (Å²) in [6.07, 6.45) is 18.0. The van der Waals surface area contributed by atoms with Crippen LogP contribution >= 0.6 is 0 Å². The van der Waals surface area contributed by atoms with Crippen molar-refractivity contribution in [1.82, 2.24) is 0 Å². The van der Waals surface area contributed by atoms with Crippen molar-refractivity contribution in [2.75, 3.05) is 0 Å². The van der Waals surface area contributed by atoms with Crippen LogP contribution < -0.4 is 4.74 Å². The van der Waals surface area contributed by atoms with Crippen molar-refractivity contribution in [2.24, 2.45) is 40.9 Å². The van der Waals surface area contributed by atoms with Crippen molar-refractivity contribution in [3.63, 3.8) is 0 Å². The normalized spacial score (nSPS) is 46.5. The second-order valence-corrected chi connectivity index (χ2v) is 13.8. The third-order valence-corrected chi connectivity index (χ3v) is 11.2. The summed E-state index contributed by atoms with van der Waals surface area (Å²) >= 11 is 0. The Kier molecular flexibility index (Phi) is 4.99. The molecular formula is C31H44O2. The predicted octanol–water partition coefficient (Wildman–Crippen LogP) is 8.11. The van der Waals surface area contributed by atoms with Crippen LogP contribution in [0, 0.1) is 40.9 Å². The van der Waals surface area contributed by atoms with Crippen LogP contribution in [0.1, 0.15) is 109 Å². The van der Waals surface area contributed by atoms with E-state index in [-0.39, 0.29) is 17.3 Å². The van der Waals surface area contributed by atoms with Crippen LogP contribution in [-0.4, -0.2) is 11.9 Å². The molecule has 180 valence electrons. The lowest BCUT2D eigenvalue weighted by Gasteiger charge is -2.61. The van der Waals surface area contributed by atoms with Crippen LogP contribution in [0.25, 0.3) is 0 Å². The number of hydrogen-bond donors (Lipinski definition) is 0. The minimum Gasteiger partial charge on any atom is -0.464 e. The van der Waals surface area contributed by atoms with Gasteiger partial charge in [0.2, 0.25) is 6.29 Å². The maximum atomic E-state index is 7.42. The van der Waals surface area contributed by atoms with E-state index in [0.717, 1.165) is 41.3 Å². The van der Waals surface area contributed by atoms with E-state index in [1.54, 1.807) is 0 Å². The van der Waals surface area contributed by atoms with E-state index in [1.807, 2.05) is 0 Å². The summed E-state index contributed by atoms with van der Waals surface area (Å²) in [5.74, 6) is 7.18. The monoisotopic (exact) mass is 448 g/mol. The van der Waals surface area contributed by atoms with Gasteiger partial charge in [0.25, 0.3) is 0 Å². The van der Waals surface area contributed by atoms with Gasteiger partial charge in [0.15, 0.2) is 0 Å². The van der Waals surface area contributed by atoms with E-state index in [9.17, 15) is 0 Å². The van der Waals surface area contributed by atoms with Gasteiger partial charge in [-0.15, -0.1) is 0 Å². The van der Waals surface area contributed by atoms with Gasteiger partial charge >= 0.3 is 0 Å². The molecule has 0 spiro atoms. The predicted molar refractivity (Wildman–Crippen MR) is 132 cm³/mol. The van der Waals surface area contributed by atoms with Crippen LogP contribution in [0.5, 0.6) is 5.75 Å². The maximum Gasteiger partial charge on any atom is 0.206 e. The maximum absolute atomic E-state index is 7.42. The van der Waals surface area contributed by atoms with Crippen molar-refractivity contribution in [1.29, 1.82) is 0 Å². The molecule has 2 heteroatoms. The molecule has 8 fully saturated rings. The average molecular weight is 449 g/mol. The molecule has 0 aliphatic heterocycles. The summed E-state index contributed by atoms with van der Waals surface area (Å²) in [4.78, 5) is 0. The fourth-order valence-electron chi connectivity index (χ4n) is 10.4. The highest BCUT2D eigenvalue weighted by molar-refractivity contribution is 5.29. The fourth-order valence-corrected chi connectivity index (χ4v) is 10.4. The smallest absolute Gasteiger partial charge is 0.206 e. The summed E-state index contributed by atoms with van der Waals surface area (Å²) in [5, 5.41) is 0. The van der Waals surface area contributed by atoms with Gasteiger partial charge in [0.1, 0.15) is 5.75 Å². The first-order chi connectivity index (χ1) is 16.0. The highest BCUT2D eigenvalue weighted by Crippen LogP contribution is 2.64. The molecule has 1 aromatic rings. The summed E-state index contributed by atoms with van der Waals surface area (Å²) < 4.78 is 14.4. The Balaban J connectivity index is 1.19. The number of rotatable bonds is 7. The van der Waals surface area contributed by atoms with Gasteiger partial charge in [-0.25, -0.2) is 0 Å². The minimum absolute atomic E-state index is 0.0448. The summed E-state index contributed by atoms with van der Waals surface area (Å²) in [7, 11) is 0. The van der Waals surface area contributed by atoms with Gasteiger partial charge in [-0.05, 0) is 143 Å². The minimum atomic E-state index is -0.0448. The second kappa shape index (κ2) is 7.74. The highest BCUT2D eigenvalue weighted by atomic mass is 16.7. The lowest BCUT2D eigenvalue weighted by Crippen LogP contribution is -2.59. The fraction of sp³-hybridized carbons (Fsp3) is 0.806. The summed E-state index contributed by atoms with van der Waals surface area (Å²) in [6.45, 7) is 4.60. The van der Waals surface area contributed by atoms with E-state index in [0.29, 0.717) is 5.92 Å². The molecule has 8 aliphatic carbocycles. The lowest BCUT2D eigenvalue weighted by atomic mass is 9.49. The zero-order chi connectivity index (χ0) is 22.2. The Morgan fingerprint density at radius 1 is 0.727 bits per heavy atom. The van der Waals surface area contributed by atoms with Gasteiger partial charge in [-0.1, -0.05) is 26.0 Å². The van der Waals surface area contributed by atoms with E-state index in [2.05, 4.69) is 38.1 Å². The van der Waals surface area contributed by atoms with Crippen molar-refractivity contribution >= 4 is 0 Å². The van der Waals surface area contributed by atoms with Crippen molar-refractivity contribution < 1.29 is 9.47 Å². The van der Waals surface area contributed by atoms with Crippen molar-refractivity contribution in [3.05, 3.63) is 29.8 Å². The summed E-state index contributed by atoms with van der Waals surface area (Å²) in [6, 6.07) is 9.06. The molecule has 0 N–H and O–H groups in total. The lowest BCUT2D eigenvalue weighted by molar-refractivity contribution is -0.288. The van der Waals surface area contributed by atoms with Crippen LogP contribution in [0.15, 0.2) is 24.3 Å².